The number of aryl methyl sites for hydroxylation is 1. The number of hydrogen-bond acceptors (Lipinski definition) is 4. The van der Waals surface area contributed by atoms with Gasteiger partial charge in [0.1, 0.15) is 0 Å². The van der Waals surface area contributed by atoms with Crippen molar-refractivity contribution in [1.82, 2.24) is 5.32 Å². The summed E-state index contributed by atoms with van der Waals surface area (Å²) in [4.78, 5) is 17.1. The first-order valence-electron chi connectivity index (χ1n) is 11.7. The normalized spacial score (nSPS) is 19.2. The van der Waals surface area contributed by atoms with Gasteiger partial charge in [0.25, 0.3) is 5.91 Å². The van der Waals surface area contributed by atoms with Crippen LogP contribution < -0.4 is 11.1 Å². The second kappa shape index (κ2) is 13.3. The molecule has 5 heteroatoms. The quantitative estimate of drug-likeness (QED) is 0.290. The Hall–Kier alpha value is -3.13. The average Bonchev–Trinajstić information content (AvgIpc) is 2.79. The fourth-order valence-electron chi connectivity index (χ4n) is 3.74. The molecule has 2 rings (SSSR count). The molecule has 1 saturated carbocycles. The van der Waals surface area contributed by atoms with E-state index in [2.05, 4.69) is 61.4 Å². The monoisotopic (exact) mass is 432 g/mol. The number of benzene rings is 1. The smallest absolute Gasteiger partial charge is 0.254 e. The summed E-state index contributed by atoms with van der Waals surface area (Å²) in [5.41, 5.74) is 10.3. The summed E-state index contributed by atoms with van der Waals surface area (Å²) in [6.45, 7) is 6.88. The molecule has 1 aliphatic carbocycles. The van der Waals surface area contributed by atoms with Gasteiger partial charge in [0.2, 0.25) is 0 Å². The maximum absolute atomic E-state index is 12.6. The molecule has 3 N–H and O–H groups in total. The van der Waals surface area contributed by atoms with Crippen LogP contribution in [0.4, 0.5) is 0 Å². The molecule has 0 saturated heterocycles. The van der Waals surface area contributed by atoms with E-state index in [0.29, 0.717) is 18.0 Å². The minimum absolute atomic E-state index is 0.0835. The molecule has 1 aromatic rings. The van der Waals surface area contributed by atoms with Crippen molar-refractivity contribution in [3.63, 3.8) is 0 Å². The largest absolute Gasteiger partial charge is 0.404 e. The Balaban J connectivity index is 1.92. The summed E-state index contributed by atoms with van der Waals surface area (Å²) in [5.74, 6) is 0.0998. The number of nitrogens with one attached hydrogen (secondary N) is 1. The van der Waals surface area contributed by atoms with E-state index < -0.39 is 0 Å². The van der Waals surface area contributed by atoms with Crippen LogP contribution >= 0.6 is 0 Å². The second-order valence-electron chi connectivity index (χ2n) is 8.20. The van der Waals surface area contributed by atoms with Gasteiger partial charge in [-0.25, -0.2) is 0 Å². The van der Waals surface area contributed by atoms with E-state index in [9.17, 15) is 10.1 Å². The first kappa shape index (κ1) is 25.1. The highest BCUT2D eigenvalue weighted by Gasteiger charge is 2.33. The molecule has 1 aromatic carbocycles. The summed E-state index contributed by atoms with van der Waals surface area (Å²) in [7, 11) is 0. The molecule has 0 aromatic heterocycles. The third-order valence-electron chi connectivity index (χ3n) is 5.77. The van der Waals surface area contributed by atoms with Crippen LogP contribution in [-0.4, -0.2) is 24.7 Å². The molecule has 0 atom stereocenters. The first-order valence-corrected chi connectivity index (χ1v) is 11.7. The molecule has 0 radical (unpaired) electrons. The Morgan fingerprint density at radius 1 is 1.31 bits per heavy atom. The topological polar surface area (TPSA) is 91.3 Å². The molecule has 0 bridgehead atoms. The predicted molar refractivity (Wildman–Crippen MR) is 132 cm³/mol. The van der Waals surface area contributed by atoms with Crippen LogP contribution in [0, 0.1) is 11.3 Å². The van der Waals surface area contributed by atoms with Crippen molar-refractivity contribution in [3.8, 4) is 6.07 Å². The zero-order valence-corrected chi connectivity index (χ0v) is 19.6. The van der Waals surface area contributed by atoms with Crippen LogP contribution in [-0.2, 0) is 11.2 Å². The number of rotatable bonds is 11. The van der Waals surface area contributed by atoms with E-state index in [1.54, 1.807) is 6.21 Å². The maximum Gasteiger partial charge on any atom is 0.254 e. The number of carbonyl (C=O) groups excluding carboxylic acids is 1. The van der Waals surface area contributed by atoms with Crippen molar-refractivity contribution in [2.75, 3.05) is 6.54 Å². The van der Waals surface area contributed by atoms with Gasteiger partial charge in [-0.05, 0) is 60.8 Å². The molecule has 170 valence electrons. The molecule has 32 heavy (non-hydrogen) atoms. The zero-order chi connectivity index (χ0) is 23.3. The minimum Gasteiger partial charge on any atom is -0.404 e. The molecule has 0 heterocycles. The van der Waals surface area contributed by atoms with E-state index >= 15 is 0 Å². The van der Waals surface area contributed by atoms with Gasteiger partial charge >= 0.3 is 0 Å². The molecule has 1 aliphatic rings. The number of unbranched alkanes of at least 4 members (excludes halogenated alkanes) is 1. The van der Waals surface area contributed by atoms with Crippen molar-refractivity contribution >= 4 is 12.1 Å². The van der Waals surface area contributed by atoms with E-state index in [0.717, 1.165) is 55.2 Å². The highest BCUT2D eigenvalue weighted by molar-refractivity contribution is 6.12. The Morgan fingerprint density at radius 3 is 2.72 bits per heavy atom. The van der Waals surface area contributed by atoms with Gasteiger partial charge < -0.3 is 11.1 Å². The fourth-order valence-corrected chi connectivity index (χ4v) is 3.74. The number of carbonyl (C=O) groups is 1. The molecular formula is C27H36N4O. The van der Waals surface area contributed by atoms with Crippen molar-refractivity contribution in [1.29, 1.82) is 5.26 Å². The third kappa shape index (κ3) is 7.23. The number of nitrogens with two attached hydrogens (primary N) is 1. The lowest BCUT2D eigenvalue weighted by Gasteiger charge is -2.36. The highest BCUT2D eigenvalue weighted by Crippen LogP contribution is 2.39. The zero-order valence-electron chi connectivity index (χ0n) is 19.6. The Labute approximate surface area is 192 Å². The standard InChI is InChI=1S/C27H36N4O/c1-4-7-9-21(10-8-5-2)18-30-19-24(17-29)27(32)31-25-14-23(15-25)26-13-20(6-3)11-12-22(26)16-28/h7,9-13,17,19,23,25H,4-6,8,14-15,18,29H2,1-3H3,(H,31,32)/b9-7+,21-10+,24-17+,30-19?. The molecule has 1 fully saturated rings. The predicted octanol–water partition coefficient (Wildman–Crippen LogP) is 5.09. The van der Waals surface area contributed by atoms with E-state index in [4.69, 9.17) is 5.73 Å². The van der Waals surface area contributed by atoms with Crippen molar-refractivity contribution in [3.05, 3.63) is 70.5 Å². The Morgan fingerprint density at radius 2 is 2.09 bits per heavy atom. The molecular weight excluding hydrogens is 396 g/mol. The average molecular weight is 433 g/mol. The van der Waals surface area contributed by atoms with Gasteiger partial charge in [0.05, 0.1) is 23.8 Å². The third-order valence-corrected chi connectivity index (χ3v) is 5.77. The molecule has 0 unspecified atom stereocenters. The van der Waals surface area contributed by atoms with Gasteiger partial charge in [-0.2, -0.15) is 5.26 Å². The number of amides is 1. The van der Waals surface area contributed by atoms with Gasteiger partial charge in [-0.1, -0.05) is 57.6 Å². The van der Waals surface area contributed by atoms with E-state index in [-0.39, 0.29) is 11.9 Å². The Bertz CT molecular complexity index is 927. The fraction of sp³-hybridized carbons (Fsp3) is 0.444. The Kier molecular flexibility index (Phi) is 10.5. The molecule has 1 amide bonds. The number of allylic oxidation sites excluding steroid dienone is 2. The van der Waals surface area contributed by atoms with Crippen LogP contribution in [0.2, 0.25) is 0 Å². The van der Waals surface area contributed by atoms with Crippen LogP contribution in [0.5, 0.6) is 0 Å². The van der Waals surface area contributed by atoms with Gasteiger partial charge in [-0.3, -0.25) is 9.79 Å². The summed E-state index contributed by atoms with van der Waals surface area (Å²) < 4.78 is 0. The summed E-state index contributed by atoms with van der Waals surface area (Å²) >= 11 is 0. The first-order chi connectivity index (χ1) is 15.6. The lowest BCUT2D eigenvalue weighted by Crippen LogP contribution is -2.44. The molecule has 5 nitrogen and oxygen atoms in total. The van der Waals surface area contributed by atoms with Gasteiger partial charge in [0.15, 0.2) is 0 Å². The molecule has 0 spiro atoms. The maximum atomic E-state index is 12.6. The van der Waals surface area contributed by atoms with E-state index in [1.165, 1.54) is 11.8 Å². The minimum atomic E-state index is -0.203. The van der Waals surface area contributed by atoms with Gasteiger partial charge in [-0.15, -0.1) is 0 Å². The van der Waals surface area contributed by atoms with Gasteiger partial charge in [0, 0.05) is 18.5 Å². The van der Waals surface area contributed by atoms with Crippen LogP contribution in [0.25, 0.3) is 0 Å². The summed E-state index contributed by atoms with van der Waals surface area (Å²) in [6.07, 6.45) is 14.9. The lowest BCUT2D eigenvalue weighted by molar-refractivity contribution is -0.118. The van der Waals surface area contributed by atoms with Crippen molar-refractivity contribution in [2.45, 2.75) is 71.3 Å². The van der Waals surface area contributed by atoms with Crippen LogP contribution in [0.1, 0.15) is 75.5 Å². The summed E-state index contributed by atoms with van der Waals surface area (Å²) in [6, 6.07) is 8.43. The number of nitriles is 1. The number of nitrogens with zero attached hydrogens (tertiary/aromatic N) is 2. The SMILES string of the molecule is CC/C=C/C(=C\CCC)CN=C/C(=C\N)C(=O)NC1CC(c2cc(CC)ccc2C#N)C1. The number of hydrogen-bond donors (Lipinski definition) is 2. The van der Waals surface area contributed by atoms with Crippen molar-refractivity contribution < 1.29 is 4.79 Å². The van der Waals surface area contributed by atoms with Crippen LogP contribution in [0.3, 0.4) is 0 Å². The number of aliphatic imine (C=N–C) groups is 1. The lowest BCUT2D eigenvalue weighted by atomic mass is 9.74. The summed E-state index contributed by atoms with van der Waals surface area (Å²) in [5, 5.41) is 12.5. The second-order valence-corrected chi connectivity index (χ2v) is 8.20. The van der Waals surface area contributed by atoms with Crippen molar-refractivity contribution in [2.24, 2.45) is 10.7 Å². The van der Waals surface area contributed by atoms with Crippen LogP contribution in [0.15, 0.2) is 58.8 Å². The molecule has 0 aliphatic heterocycles. The highest BCUT2D eigenvalue weighted by atomic mass is 16.1. The van der Waals surface area contributed by atoms with E-state index in [1.807, 2.05) is 12.1 Å².